The number of phenolic OH excluding ortho intramolecular Hbond substituents is 2. The van der Waals surface area contributed by atoms with Gasteiger partial charge in [0.15, 0.2) is 11.5 Å². The van der Waals surface area contributed by atoms with Gasteiger partial charge in [-0.2, -0.15) is 0 Å². The molecule has 0 aliphatic heterocycles. The fourth-order valence-corrected chi connectivity index (χ4v) is 1.60. The van der Waals surface area contributed by atoms with E-state index >= 15 is 0 Å². The van der Waals surface area contributed by atoms with Crippen LogP contribution in [0.2, 0.25) is 0 Å². The second-order valence-corrected chi connectivity index (χ2v) is 4.60. The van der Waals surface area contributed by atoms with Gasteiger partial charge in [-0.05, 0) is 18.1 Å². The standard InChI is InChI=1S/C13H17NO5/c1-7(2)9(6-11(16)17)14-13(19)8-4-3-5-10(15)12(8)18/h3-5,7,9,15,18H,6H2,1-2H3,(H,14,19)(H,16,17). The van der Waals surface area contributed by atoms with Crippen LogP contribution in [0.1, 0.15) is 30.6 Å². The largest absolute Gasteiger partial charge is 0.504 e. The van der Waals surface area contributed by atoms with Crippen molar-refractivity contribution >= 4 is 11.9 Å². The molecule has 0 radical (unpaired) electrons. The van der Waals surface area contributed by atoms with E-state index in [0.717, 1.165) is 0 Å². The summed E-state index contributed by atoms with van der Waals surface area (Å²) in [6.45, 7) is 3.58. The van der Waals surface area contributed by atoms with Crippen LogP contribution in [0.3, 0.4) is 0 Å². The van der Waals surface area contributed by atoms with Crippen LogP contribution in [0, 0.1) is 5.92 Å². The van der Waals surface area contributed by atoms with Crippen LogP contribution in [0.25, 0.3) is 0 Å². The lowest BCUT2D eigenvalue weighted by Gasteiger charge is -2.20. The summed E-state index contributed by atoms with van der Waals surface area (Å²) in [6.07, 6.45) is -0.205. The number of carboxylic acids is 1. The molecule has 0 bridgehead atoms. The van der Waals surface area contributed by atoms with Gasteiger partial charge in [-0.25, -0.2) is 0 Å². The Labute approximate surface area is 110 Å². The molecule has 0 aliphatic carbocycles. The fourth-order valence-electron chi connectivity index (χ4n) is 1.60. The Morgan fingerprint density at radius 2 is 1.89 bits per heavy atom. The number of aromatic hydroxyl groups is 2. The van der Waals surface area contributed by atoms with Crippen molar-refractivity contribution in [1.82, 2.24) is 5.32 Å². The van der Waals surface area contributed by atoms with Gasteiger partial charge in [0.1, 0.15) is 0 Å². The molecule has 19 heavy (non-hydrogen) atoms. The number of hydrogen-bond acceptors (Lipinski definition) is 4. The van der Waals surface area contributed by atoms with Crippen LogP contribution in [-0.2, 0) is 4.79 Å². The van der Waals surface area contributed by atoms with Crippen molar-refractivity contribution in [2.75, 3.05) is 0 Å². The Balaban J connectivity index is 2.88. The van der Waals surface area contributed by atoms with Crippen molar-refractivity contribution in [3.8, 4) is 11.5 Å². The Hall–Kier alpha value is -2.24. The Morgan fingerprint density at radius 1 is 1.26 bits per heavy atom. The first-order valence-corrected chi connectivity index (χ1v) is 5.86. The molecule has 6 nitrogen and oxygen atoms in total. The summed E-state index contributed by atoms with van der Waals surface area (Å²) in [7, 11) is 0. The van der Waals surface area contributed by atoms with Gasteiger partial charge in [0.25, 0.3) is 5.91 Å². The first-order chi connectivity index (χ1) is 8.82. The Bertz CT molecular complexity index is 484. The molecule has 0 saturated carbocycles. The first kappa shape index (κ1) is 14.8. The predicted octanol–water partition coefficient (Wildman–Crippen LogP) is 1.33. The Kier molecular flexibility index (Phi) is 4.74. The number of carboxylic acid groups (broad SMARTS) is 1. The van der Waals surface area contributed by atoms with Crippen molar-refractivity contribution < 1.29 is 24.9 Å². The minimum Gasteiger partial charge on any atom is -0.504 e. The Morgan fingerprint density at radius 3 is 2.42 bits per heavy atom. The molecule has 1 rings (SSSR count). The van der Waals surface area contributed by atoms with Gasteiger partial charge in [0.2, 0.25) is 0 Å². The van der Waals surface area contributed by atoms with E-state index < -0.39 is 29.4 Å². The lowest BCUT2D eigenvalue weighted by Crippen LogP contribution is -2.40. The number of aliphatic carboxylic acids is 1. The zero-order valence-corrected chi connectivity index (χ0v) is 10.8. The number of amides is 1. The highest BCUT2D eigenvalue weighted by Gasteiger charge is 2.22. The molecule has 4 N–H and O–H groups in total. The molecule has 0 aromatic heterocycles. The third-order valence-corrected chi connectivity index (χ3v) is 2.78. The summed E-state index contributed by atoms with van der Waals surface area (Å²) in [5, 5.41) is 30.2. The van der Waals surface area contributed by atoms with Crippen LogP contribution >= 0.6 is 0 Å². The normalized spacial score (nSPS) is 12.2. The quantitative estimate of drug-likeness (QED) is 0.602. The molecule has 0 fully saturated rings. The van der Waals surface area contributed by atoms with Gasteiger partial charge >= 0.3 is 5.97 Å². The molecule has 0 aliphatic rings. The van der Waals surface area contributed by atoms with E-state index in [2.05, 4.69) is 5.32 Å². The molecular formula is C13H17NO5. The zero-order chi connectivity index (χ0) is 14.6. The van der Waals surface area contributed by atoms with Crippen molar-refractivity contribution in [2.24, 2.45) is 5.92 Å². The number of carbonyl (C=O) groups excluding carboxylic acids is 1. The van der Waals surface area contributed by atoms with Crippen molar-refractivity contribution in [2.45, 2.75) is 26.3 Å². The van der Waals surface area contributed by atoms with Crippen molar-refractivity contribution in [1.29, 1.82) is 0 Å². The van der Waals surface area contributed by atoms with Crippen molar-refractivity contribution in [3.05, 3.63) is 23.8 Å². The fraction of sp³-hybridized carbons (Fsp3) is 0.385. The first-order valence-electron chi connectivity index (χ1n) is 5.86. The molecule has 1 aromatic rings. The lowest BCUT2D eigenvalue weighted by atomic mass is 10.0. The summed E-state index contributed by atoms with van der Waals surface area (Å²) < 4.78 is 0. The zero-order valence-electron chi connectivity index (χ0n) is 10.8. The van der Waals surface area contributed by atoms with E-state index in [1.165, 1.54) is 18.2 Å². The van der Waals surface area contributed by atoms with Gasteiger partial charge in [0, 0.05) is 6.04 Å². The van der Waals surface area contributed by atoms with Gasteiger partial charge in [-0.1, -0.05) is 19.9 Å². The minimum atomic E-state index is -1.01. The molecule has 1 atom stereocenters. The van der Waals surface area contributed by atoms with Gasteiger partial charge < -0.3 is 20.6 Å². The summed E-state index contributed by atoms with van der Waals surface area (Å²) >= 11 is 0. The number of benzene rings is 1. The number of rotatable bonds is 5. The maximum absolute atomic E-state index is 11.9. The molecule has 104 valence electrons. The molecule has 0 heterocycles. The average molecular weight is 267 g/mol. The topological polar surface area (TPSA) is 107 Å². The van der Waals surface area contributed by atoms with E-state index in [0.29, 0.717) is 0 Å². The van der Waals surface area contributed by atoms with Crippen molar-refractivity contribution in [3.63, 3.8) is 0 Å². The second-order valence-electron chi connectivity index (χ2n) is 4.60. The second kappa shape index (κ2) is 6.08. The maximum Gasteiger partial charge on any atom is 0.305 e. The van der Waals surface area contributed by atoms with Crippen LogP contribution in [0.4, 0.5) is 0 Å². The third-order valence-electron chi connectivity index (χ3n) is 2.78. The smallest absolute Gasteiger partial charge is 0.305 e. The average Bonchev–Trinajstić information content (AvgIpc) is 2.31. The van der Waals surface area contributed by atoms with Gasteiger partial charge in [-0.3, -0.25) is 9.59 Å². The number of para-hydroxylation sites is 1. The summed E-state index contributed by atoms with van der Waals surface area (Å²) in [4.78, 5) is 22.7. The van der Waals surface area contributed by atoms with E-state index in [1.54, 1.807) is 13.8 Å². The van der Waals surface area contributed by atoms with Crippen LogP contribution in [-0.4, -0.2) is 33.2 Å². The number of hydrogen-bond donors (Lipinski definition) is 4. The lowest BCUT2D eigenvalue weighted by molar-refractivity contribution is -0.137. The van der Waals surface area contributed by atoms with Gasteiger partial charge in [-0.15, -0.1) is 0 Å². The summed E-state index contributed by atoms with van der Waals surface area (Å²) in [5.41, 5.74) is -0.0870. The van der Waals surface area contributed by atoms with Crippen LogP contribution < -0.4 is 5.32 Å². The number of phenols is 2. The van der Waals surface area contributed by atoms with Gasteiger partial charge in [0.05, 0.1) is 12.0 Å². The molecule has 0 saturated heterocycles. The highest BCUT2D eigenvalue weighted by molar-refractivity contribution is 5.97. The highest BCUT2D eigenvalue weighted by atomic mass is 16.4. The molecule has 1 unspecified atom stereocenters. The molecule has 6 heteroatoms. The van der Waals surface area contributed by atoms with E-state index in [1.807, 2.05) is 0 Å². The molecule has 1 amide bonds. The molecule has 1 aromatic carbocycles. The highest BCUT2D eigenvalue weighted by Crippen LogP contribution is 2.28. The minimum absolute atomic E-state index is 0.0699. The number of nitrogens with one attached hydrogen (secondary N) is 1. The van der Waals surface area contributed by atoms with Crippen LogP contribution in [0.15, 0.2) is 18.2 Å². The summed E-state index contributed by atoms with van der Waals surface area (Å²) in [6, 6.07) is 3.48. The maximum atomic E-state index is 11.9. The molecular weight excluding hydrogens is 250 g/mol. The number of carbonyl (C=O) groups is 2. The monoisotopic (exact) mass is 267 g/mol. The van der Waals surface area contributed by atoms with E-state index in [4.69, 9.17) is 5.11 Å². The SMILES string of the molecule is CC(C)C(CC(=O)O)NC(=O)c1cccc(O)c1O. The predicted molar refractivity (Wildman–Crippen MR) is 68.1 cm³/mol. The van der Waals surface area contributed by atoms with Crippen LogP contribution in [0.5, 0.6) is 11.5 Å². The third kappa shape index (κ3) is 3.87. The van der Waals surface area contributed by atoms with E-state index in [-0.39, 0.29) is 17.9 Å². The summed E-state index contributed by atoms with van der Waals surface area (Å²) in [5.74, 6) is -2.61. The molecule has 0 spiro atoms. The van der Waals surface area contributed by atoms with E-state index in [9.17, 15) is 19.8 Å².